The van der Waals surface area contributed by atoms with Crippen molar-refractivity contribution in [1.82, 2.24) is 4.40 Å². The molecule has 0 aliphatic rings. The largest absolute Gasteiger partial charge is 0.396 e. The Bertz CT molecular complexity index is 759. The fourth-order valence-corrected chi connectivity index (χ4v) is 2.47. The molecule has 0 saturated carbocycles. The molecule has 0 bridgehead atoms. The molecule has 2 heterocycles. The van der Waals surface area contributed by atoms with Gasteiger partial charge in [0.1, 0.15) is 0 Å². The summed E-state index contributed by atoms with van der Waals surface area (Å²) >= 11 is 0. The lowest BCUT2D eigenvalue weighted by molar-refractivity contribution is 0.102. The monoisotopic (exact) mass is 294 g/mol. The summed E-state index contributed by atoms with van der Waals surface area (Å²) in [4.78, 5) is 12.3. The Labute approximate surface area is 129 Å². The van der Waals surface area contributed by atoms with Gasteiger partial charge in [0.25, 0.3) is 5.91 Å². The third-order valence-corrected chi connectivity index (χ3v) is 3.58. The fourth-order valence-electron chi connectivity index (χ4n) is 2.47. The molecule has 22 heavy (non-hydrogen) atoms. The van der Waals surface area contributed by atoms with E-state index >= 15 is 0 Å². The van der Waals surface area contributed by atoms with Crippen LogP contribution in [-0.2, 0) is 6.42 Å². The average molecular weight is 294 g/mol. The molecule has 3 rings (SSSR count). The molecule has 0 aliphatic carbocycles. The molecule has 112 valence electrons. The van der Waals surface area contributed by atoms with Crippen LogP contribution in [0.2, 0.25) is 0 Å². The summed E-state index contributed by atoms with van der Waals surface area (Å²) in [5.74, 6) is -0.122. The Morgan fingerprint density at radius 1 is 1.14 bits per heavy atom. The number of carbonyl (C=O) groups is 1. The van der Waals surface area contributed by atoms with Gasteiger partial charge in [0.05, 0.1) is 5.56 Å². The van der Waals surface area contributed by atoms with Gasteiger partial charge < -0.3 is 14.8 Å². The van der Waals surface area contributed by atoms with Crippen LogP contribution in [0.1, 0.15) is 22.3 Å². The fraction of sp³-hybridized carbons (Fsp3) is 0.167. The molecule has 0 unspecified atom stereocenters. The van der Waals surface area contributed by atoms with Crippen LogP contribution in [0.4, 0.5) is 5.69 Å². The molecular weight excluding hydrogens is 276 g/mol. The lowest BCUT2D eigenvalue weighted by Crippen LogP contribution is -2.11. The minimum atomic E-state index is -0.122. The highest BCUT2D eigenvalue weighted by Gasteiger charge is 2.09. The topological polar surface area (TPSA) is 53.7 Å². The van der Waals surface area contributed by atoms with E-state index in [1.807, 2.05) is 65.3 Å². The highest BCUT2D eigenvalue weighted by atomic mass is 16.2. The smallest absolute Gasteiger partial charge is 0.257 e. The van der Waals surface area contributed by atoms with Gasteiger partial charge in [-0.15, -0.1) is 0 Å². The first-order chi connectivity index (χ1) is 10.8. The zero-order valence-corrected chi connectivity index (χ0v) is 12.2. The first-order valence-electron chi connectivity index (χ1n) is 7.34. The highest BCUT2D eigenvalue weighted by molar-refractivity contribution is 6.05. The van der Waals surface area contributed by atoms with Crippen molar-refractivity contribution in [1.29, 1.82) is 0 Å². The van der Waals surface area contributed by atoms with Crippen molar-refractivity contribution < 1.29 is 9.90 Å². The van der Waals surface area contributed by atoms with E-state index in [-0.39, 0.29) is 12.5 Å². The van der Waals surface area contributed by atoms with Gasteiger partial charge in [-0.2, -0.15) is 0 Å². The third kappa shape index (κ3) is 3.18. The molecule has 2 aromatic heterocycles. The van der Waals surface area contributed by atoms with Crippen LogP contribution in [0.5, 0.6) is 0 Å². The number of aryl methyl sites for hydroxylation is 1. The van der Waals surface area contributed by atoms with Crippen LogP contribution >= 0.6 is 0 Å². The maximum absolute atomic E-state index is 12.3. The Balaban J connectivity index is 1.76. The van der Waals surface area contributed by atoms with Crippen molar-refractivity contribution >= 4 is 17.1 Å². The summed E-state index contributed by atoms with van der Waals surface area (Å²) in [7, 11) is 0. The van der Waals surface area contributed by atoms with Gasteiger partial charge in [-0.1, -0.05) is 18.2 Å². The maximum Gasteiger partial charge on any atom is 0.257 e. The number of nitrogens with zero attached hydrogens (tertiary/aromatic N) is 1. The molecule has 4 heteroatoms. The van der Waals surface area contributed by atoms with Crippen LogP contribution in [-0.4, -0.2) is 22.0 Å². The molecule has 0 fully saturated rings. The summed E-state index contributed by atoms with van der Waals surface area (Å²) in [5.41, 5.74) is 3.50. The zero-order chi connectivity index (χ0) is 15.4. The first-order valence-corrected chi connectivity index (χ1v) is 7.34. The number of hydrogen-bond donors (Lipinski definition) is 2. The van der Waals surface area contributed by atoms with Crippen molar-refractivity contribution in [3.63, 3.8) is 0 Å². The molecule has 1 aromatic carbocycles. The van der Waals surface area contributed by atoms with E-state index in [1.54, 1.807) is 0 Å². The zero-order valence-electron chi connectivity index (χ0n) is 12.2. The number of pyridine rings is 1. The van der Waals surface area contributed by atoms with E-state index < -0.39 is 0 Å². The van der Waals surface area contributed by atoms with E-state index in [4.69, 9.17) is 5.11 Å². The average Bonchev–Trinajstić information content (AvgIpc) is 2.97. The Kier molecular flexibility index (Phi) is 4.21. The van der Waals surface area contributed by atoms with Crippen molar-refractivity contribution in [2.75, 3.05) is 11.9 Å². The van der Waals surface area contributed by atoms with Crippen molar-refractivity contribution in [3.05, 3.63) is 72.1 Å². The minimum absolute atomic E-state index is 0.122. The molecule has 4 nitrogen and oxygen atoms in total. The van der Waals surface area contributed by atoms with Gasteiger partial charge in [-0.05, 0) is 48.7 Å². The van der Waals surface area contributed by atoms with Gasteiger partial charge >= 0.3 is 0 Å². The number of amides is 1. The number of aliphatic hydroxyl groups excluding tert-OH is 1. The summed E-state index contributed by atoms with van der Waals surface area (Å²) in [6, 6.07) is 15.4. The van der Waals surface area contributed by atoms with Crippen LogP contribution in [0.15, 0.2) is 60.9 Å². The van der Waals surface area contributed by atoms with E-state index in [9.17, 15) is 4.79 Å². The number of aromatic nitrogens is 1. The molecule has 2 N–H and O–H groups in total. The Morgan fingerprint density at radius 2 is 2.05 bits per heavy atom. The molecular formula is C18H18N2O2. The lowest BCUT2D eigenvalue weighted by Gasteiger charge is -2.06. The molecule has 0 aliphatic heterocycles. The maximum atomic E-state index is 12.3. The van der Waals surface area contributed by atoms with Crippen LogP contribution < -0.4 is 5.32 Å². The van der Waals surface area contributed by atoms with Crippen LogP contribution in [0.25, 0.3) is 5.52 Å². The van der Waals surface area contributed by atoms with Crippen molar-refractivity contribution in [2.45, 2.75) is 12.8 Å². The summed E-state index contributed by atoms with van der Waals surface area (Å²) in [6.45, 7) is 0.175. The standard InChI is InChI=1S/C18H18N2O2/c21-10-4-6-14-5-3-7-16(11-14)19-18(22)15-12-17-8-1-2-9-20(17)13-15/h1-3,5,7-9,11-13,21H,4,6,10H2,(H,19,22). The predicted molar refractivity (Wildman–Crippen MR) is 87.2 cm³/mol. The van der Waals surface area contributed by atoms with Gasteiger partial charge in [-0.3, -0.25) is 4.79 Å². The van der Waals surface area contributed by atoms with Gasteiger partial charge in [0.15, 0.2) is 0 Å². The summed E-state index contributed by atoms with van der Waals surface area (Å²) in [5, 5.41) is 11.8. The van der Waals surface area contributed by atoms with E-state index in [0.29, 0.717) is 5.56 Å². The van der Waals surface area contributed by atoms with Crippen LogP contribution in [0, 0.1) is 0 Å². The number of nitrogens with one attached hydrogen (secondary N) is 1. The number of aliphatic hydroxyl groups is 1. The quantitative estimate of drug-likeness (QED) is 0.759. The number of carbonyl (C=O) groups excluding carboxylic acids is 1. The van der Waals surface area contributed by atoms with Gasteiger partial charge in [0, 0.05) is 30.2 Å². The number of benzene rings is 1. The van der Waals surface area contributed by atoms with E-state index in [0.717, 1.165) is 29.6 Å². The third-order valence-electron chi connectivity index (χ3n) is 3.58. The molecule has 1 amide bonds. The summed E-state index contributed by atoms with van der Waals surface area (Å²) < 4.78 is 1.92. The Hall–Kier alpha value is -2.59. The van der Waals surface area contributed by atoms with Crippen molar-refractivity contribution in [3.8, 4) is 0 Å². The number of fused-ring (bicyclic) bond motifs is 1. The second-order valence-electron chi connectivity index (χ2n) is 5.24. The number of anilines is 1. The number of hydrogen-bond acceptors (Lipinski definition) is 2. The van der Waals surface area contributed by atoms with E-state index in [1.165, 1.54) is 0 Å². The SMILES string of the molecule is O=C(Nc1cccc(CCCO)c1)c1cc2ccccn2c1. The second kappa shape index (κ2) is 6.45. The summed E-state index contributed by atoms with van der Waals surface area (Å²) in [6.07, 6.45) is 5.26. The molecule has 0 saturated heterocycles. The minimum Gasteiger partial charge on any atom is -0.396 e. The van der Waals surface area contributed by atoms with Crippen LogP contribution in [0.3, 0.4) is 0 Å². The van der Waals surface area contributed by atoms with Crippen molar-refractivity contribution in [2.24, 2.45) is 0 Å². The van der Waals surface area contributed by atoms with E-state index in [2.05, 4.69) is 5.32 Å². The normalized spacial score (nSPS) is 10.8. The predicted octanol–water partition coefficient (Wildman–Crippen LogP) is 3.12. The lowest BCUT2D eigenvalue weighted by atomic mass is 10.1. The molecule has 3 aromatic rings. The molecule has 0 atom stereocenters. The molecule has 0 radical (unpaired) electrons. The first kappa shape index (κ1) is 14.4. The second-order valence-corrected chi connectivity index (χ2v) is 5.24. The highest BCUT2D eigenvalue weighted by Crippen LogP contribution is 2.15. The van der Waals surface area contributed by atoms with Gasteiger partial charge in [0.2, 0.25) is 0 Å². The van der Waals surface area contributed by atoms with Gasteiger partial charge in [-0.25, -0.2) is 0 Å². The Morgan fingerprint density at radius 3 is 2.86 bits per heavy atom. The number of rotatable bonds is 5. The molecule has 0 spiro atoms.